The number of benzene rings is 1. The summed E-state index contributed by atoms with van der Waals surface area (Å²) in [6, 6.07) is 2.48. The zero-order valence-electron chi connectivity index (χ0n) is 17.0. The Morgan fingerprint density at radius 2 is 1.93 bits per heavy atom. The third kappa shape index (κ3) is 5.09. The van der Waals surface area contributed by atoms with E-state index in [1.807, 2.05) is 6.92 Å². The van der Waals surface area contributed by atoms with Crippen LogP contribution in [0.2, 0.25) is 0 Å². The van der Waals surface area contributed by atoms with Crippen LogP contribution in [-0.4, -0.2) is 44.7 Å². The van der Waals surface area contributed by atoms with Crippen molar-refractivity contribution in [3.8, 4) is 17.2 Å². The molecule has 1 amide bonds. The van der Waals surface area contributed by atoms with E-state index >= 15 is 0 Å². The van der Waals surface area contributed by atoms with Crippen LogP contribution in [-0.2, 0) is 14.3 Å². The highest BCUT2D eigenvalue weighted by atomic mass is 16.7. The quantitative estimate of drug-likeness (QED) is 0.586. The number of nitrogens with one attached hydrogen (secondary N) is 1. The first-order chi connectivity index (χ1) is 13.2. The highest BCUT2D eigenvalue weighted by Gasteiger charge is 2.34. The van der Waals surface area contributed by atoms with Gasteiger partial charge in [-0.3, -0.25) is 0 Å². The molecule has 2 rings (SSSR count). The number of esters is 1. The second-order valence-electron chi connectivity index (χ2n) is 7.16. The molecule has 0 bridgehead atoms. The Bertz CT molecular complexity index is 752. The topological polar surface area (TPSA) is 92.3 Å². The predicted octanol–water partition coefficient (Wildman–Crippen LogP) is 3.15. The number of alkyl carbamates (subject to hydrolysis) is 1. The molecule has 154 valence electrons. The minimum absolute atomic E-state index is 0.0834. The Labute approximate surface area is 164 Å². The molecule has 8 heteroatoms. The molecule has 8 nitrogen and oxygen atoms in total. The van der Waals surface area contributed by atoms with Gasteiger partial charge < -0.3 is 29.0 Å². The Morgan fingerprint density at radius 1 is 1.21 bits per heavy atom. The molecule has 0 spiro atoms. The summed E-state index contributed by atoms with van der Waals surface area (Å²) in [6.07, 6.45) is 2.86. The largest absolute Gasteiger partial charge is 0.493 e. The van der Waals surface area contributed by atoms with Gasteiger partial charge in [0.25, 0.3) is 0 Å². The standard InChI is InChI=1S/C20H27NO7/c1-7-8-13(12-9-14(24-5)17-15(10-12)26-11-27-17)16(18(22)25-6)21-19(23)28-20(2,3)4/h7-10,13,16H,11H2,1-6H3,(H,21,23)/b8-7+/t13-,16+/m0/s1. The number of carbonyl (C=O) groups is 2. The fraction of sp³-hybridized carbons (Fsp3) is 0.500. The van der Waals surface area contributed by atoms with Gasteiger partial charge in [0, 0.05) is 5.92 Å². The fourth-order valence-electron chi connectivity index (χ4n) is 2.82. The molecular weight excluding hydrogens is 366 g/mol. The van der Waals surface area contributed by atoms with Gasteiger partial charge in [0.15, 0.2) is 11.5 Å². The Hall–Kier alpha value is -2.90. The molecule has 1 N–H and O–H groups in total. The van der Waals surface area contributed by atoms with E-state index in [4.69, 9.17) is 23.7 Å². The molecule has 0 fully saturated rings. The van der Waals surface area contributed by atoms with Crippen LogP contribution in [0.4, 0.5) is 4.79 Å². The summed E-state index contributed by atoms with van der Waals surface area (Å²) in [6.45, 7) is 7.13. The Kier molecular flexibility index (Phi) is 6.77. The lowest BCUT2D eigenvalue weighted by molar-refractivity contribution is -0.143. The van der Waals surface area contributed by atoms with Gasteiger partial charge in [0.1, 0.15) is 11.6 Å². The normalized spacial score (nSPS) is 15.1. The molecule has 28 heavy (non-hydrogen) atoms. The van der Waals surface area contributed by atoms with Gasteiger partial charge in [-0.05, 0) is 45.4 Å². The zero-order chi connectivity index (χ0) is 20.9. The summed E-state index contributed by atoms with van der Waals surface area (Å²) >= 11 is 0. The van der Waals surface area contributed by atoms with E-state index in [2.05, 4.69) is 5.32 Å². The number of amides is 1. The first kappa shape index (κ1) is 21.4. The highest BCUT2D eigenvalue weighted by molar-refractivity contribution is 5.83. The summed E-state index contributed by atoms with van der Waals surface area (Å²) in [7, 11) is 2.78. The molecule has 1 aliphatic rings. The van der Waals surface area contributed by atoms with Crippen molar-refractivity contribution < 1.29 is 33.3 Å². The van der Waals surface area contributed by atoms with Crippen molar-refractivity contribution in [2.45, 2.75) is 45.3 Å². The van der Waals surface area contributed by atoms with Crippen LogP contribution in [0.3, 0.4) is 0 Å². The first-order valence-corrected chi connectivity index (χ1v) is 8.87. The van der Waals surface area contributed by atoms with Gasteiger partial charge >= 0.3 is 12.1 Å². The maximum atomic E-state index is 12.5. The Balaban J connectivity index is 2.42. The maximum Gasteiger partial charge on any atom is 0.408 e. The molecule has 1 aromatic rings. The number of allylic oxidation sites excluding steroid dienone is 1. The monoisotopic (exact) mass is 393 g/mol. The zero-order valence-corrected chi connectivity index (χ0v) is 17.0. The van der Waals surface area contributed by atoms with Gasteiger partial charge in [0.2, 0.25) is 12.5 Å². The minimum atomic E-state index is -1.01. The van der Waals surface area contributed by atoms with E-state index in [-0.39, 0.29) is 6.79 Å². The van der Waals surface area contributed by atoms with Gasteiger partial charge in [-0.1, -0.05) is 12.2 Å². The number of ether oxygens (including phenoxy) is 5. The average Bonchev–Trinajstić information content (AvgIpc) is 3.10. The van der Waals surface area contributed by atoms with Crippen LogP contribution < -0.4 is 19.5 Å². The van der Waals surface area contributed by atoms with Crippen LogP contribution in [0.1, 0.15) is 39.2 Å². The molecule has 0 saturated heterocycles. The lowest BCUT2D eigenvalue weighted by atomic mass is 9.90. The molecular formula is C20H27NO7. The summed E-state index contributed by atoms with van der Waals surface area (Å²) in [4.78, 5) is 24.8. The van der Waals surface area contributed by atoms with E-state index in [0.717, 1.165) is 0 Å². The van der Waals surface area contributed by atoms with Crippen molar-refractivity contribution in [2.75, 3.05) is 21.0 Å². The summed E-state index contributed by atoms with van der Waals surface area (Å²) < 4.78 is 26.5. The third-order valence-electron chi connectivity index (χ3n) is 3.95. The molecule has 2 atom stereocenters. The van der Waals surface area contributed by atoms with E-state index < -0.39 is 29.6 Å². The second kappa shape index (κ2) is 8.86. The van der Waals surface area contributed by atoms with Crippen LogP contribution in [0.5, 0.6) is 17.2 Å². The molecule has 0 aliphatic carbocycles. The van der Waals surface area contributed by atoms with Crippen molar-refractivity contribution in [1.82, 2.24) is 5.32 Å². The summed E-state index contributed by atoms with van der Waals surface area (Å²) in [5.41, 5.74) is -0.0197. The van der Waals surface area contributed by atoms with Crippen molar-refractivity contribution in [3.63, 3.8) is 0 Å². The van der Waals surface area contributed by atoms with Crippen LogP contribution in [0.25, 0.3) is 0 Å². The van der Waals surface area contributed by atoms with Gasteiger partial charge in [-0.25, -0.2) is 9.59 Å². The first-order valence-electron chi connectivity index (χ1n) is 8.87. The van der Waals surface area contributed by atoms with Crippen molar-refractivity contribution >= 4 is 12.1 Å². The molecule has 0 radical (unpaired) electrons. The van der Waals surface area contributed by atoms with Gasteiger partial charge in [-0.2, -0.15) is 0 Å². The van der Waals surface area contributed by atoms with E-state index in [1.165, 1.54) is 14.2 Å². The smallest absolute Gasteiger partial charge is 0.408 e. The molecule has 0 aromatic heterocycles. The van der Waals surface area contributed by atoms with Crippen molar-refractivity contribution in [3.05, 3.63) is 29.8 Å². The highest BCUT2D eigenvalue weighted by Crippen LogP contribution is 2.44. The van der Waals surface area contributed by atoms with Crippen LogP contribution in [0.15, 0.2) is 24.3 Å². The van der Waals surface area contributed by atoms with Crippen LogP contribution >= 0.6 is 0 Å². The van der Waals surface area contributed by atoms with Gasteiger partial charge in [0.05, 0.1) is 14.2 Å². The predicted molar refractivity (Wildman–Crippen MR) is 102 cm³/mol. The Morgan fingerprint density at radius 3 is 2.50 bits per heavy atom. The minimum Gasteiger partial charge on any atom is -0.493 e. The van der Waals surface area contributed by atoms with E-state index in [9.17, 15) is 9.59 Å². The van der Waals surface area contributed by atoms with Crippen molar-refractivity contribution in [1.29, 1.82) is 0 Å². The third-order valence-corrected chi connectivity index (χ3v) is 3.95. The lowest BCUT2D eigenvalue weighted by Gasteiger charge is -2.27. The summed E-state index contributed by atoms with van der Waals surface area (Å²) in [5.74, 6) is 0.323. The maximum absolute atomic E-state index is 12.5. The number of hydrogen-bond acceptors (Lipinski definition) is 7. The van der Waals surface area contributed by atoms with E-state index in [0.29, 0.717) is 22.8 Å². The second-order valence-corrected chi connectivity index (χ2v) is 7.16. The molecule has 0 unspecified atom stereocenters. The summed E-state index contributed by atoms with van der Waals surface area (Å²) in [5, 5.41) is 2.61. The SMILES string of the molecule is C/C=C/[C@@H](c1cc(OC)c2c(c1)OCO2)[C@@H](NC(=O)OC(C)(C)C)C(=O)OC. The van der Waals surface area contributed by atoms with Crippen LogP contribution in [0, 0.1) is 0 Å². The molecule has 1 aliphatic heterocycles. The number of fused-ring (bicyclic) bond motifs is 1. The van der Waals surface area contributed by atoms with Crippen molar-refractivity contribution in [2.24, 2.45) is 0 Å². The number of methoxy groups -OCH3 is 2. The molecule has 1 aromatic carbocycles. The molecule has 1 heterocycles. The van der Waals surface area contributed by atoms with E-state index in [1.54, 1.807) is 45.1 Å². The fourth-order valence-corrected chi connectivity index (χ4v) is 2.82. The average molecular weight is 393 g/mol. The number of hydrogen-bond donors (Lipinski definition) is 1. The van der Waals surface area contributed by atoms with Gasteiger partial charge in [-0.15, -0.1) is 0 Å². The number of carbonyl (C=O) groups excluding carboxylic acids is 2. The lowest BCUT2D eigenvalue weighted by Crippen LogP contribution is -2.47. The number of rotatable bonds is 6. The molecule has 0 saturated carbocycles.